The number of carbonyl (C=O) groups is 1. The lowest BCUT2D eigenvalue weighted by atomic mass is 9.91. The molecule has 0 spiro atoms. The Bertz CT molecular complexity index is 989. The molecule has 164 valence electrons. The number of aromatic nitrogens is 2. The van der Waals surface area contributed by atoms with Crippen LogP contribution in [0.5, 0.6) is 0 Å². The van der Waals surface area contributed by atoms with Crippen molar-refractivity contribution in [3.05, 3.63) is 70.4 Å². The number of piperidine rings is 1. The third kappa shape index (κ3) is 5.50. The molecule has 6 nitrogen and oxygen atoms in total. The zero-order valence-corrected chi connectivity index (χ0v) is 18.0. The highest BCUT2D eigenvalue weighted by molar-refractivity contribution is 5.76. The van der Waals surface area contributed by atoms with Crippen LogP contribution in [-0.4, -0.2) is 44.2 Å². The van der Waals surface area contributed by atoms with Gasteiger partial charge in [0.1, 0.15) is 0 Å². The van der Waals surface area contributed by atoms with Crippen molar-refractivity contribution in [2.24, 2.45) is 0 Å². The number of amides is 1. The second-order valence-electron chi connectivity index (χ2n) is 8.81. The van der Waals surface area contributed by atoms with Gasteiger partial charge < -0.3 is 10.0 Å². The molecule has 2 aromatic rings. The summed E-state index contributed by atoms with van der Waals surface area (Å²) in [4.78, 5) is 31.5. The van der Waals surface area contributed by atoms with Crippen LogP contribution >= 0.6 is 0 Å². The van der Waals surface area contributed by atoms with Crippen molar-refractivity contribution in [1.82, 2.24) is 14.5 Å². The van der Waals surface area contributed by atoms with Crippen LogP contribution in [0.4, 0.5) is 0 Å². The molecule has 1 aromatic heterocycles. The van der Waals surface area contributed by atoms with Crippen LogP contribution in [-0.2, 0) is 17.8 Å². The maximum atomic E-state index is 12.6. The zero-order chi connectivity index (χ0) is 21.7. The van der Waals surface area contributed by atoms with E-state index in [9.17, 15) is 14.7 Å². The lowest BCUT2D eigenvalue weighted by Crippen LogP contribution is -2.49. The smallest absolute Gasteiger partial charge is 0.253 e. The van der Waals surface area contributed by atoms with Gasteiger partial charge >= 0.3 is 0 Å². The normalized spacial score (nSPS) is 18.5. The Labute approximate surface area is 183 Å². The van der Waals surface area contributed by atoms with Gasteiger partial charge in [0.2, 0.25) is 5.91 Å². The molecule has 1 aromatic carbocycles. The minimum absolute atomic E-state index is 0.120. The monoisotopic (exact) mass is 421 g/mol. The molecule has 1 aliphatic heterocycles. The van der Waals surface area contributed by atoms with Crippen LogP contribution in [0.25, 0.3) is 5.57 Å². The first-order valence-corrected chi connectivity index (χ1v) is 11.3. The minimum atomic E-state index is -0.993. The molecule has 4 rings (SSSR count). The minimum Gasteiger partial charge on any atom is -0.388 e. The van der Waals surface area contributed by atoms with Crippen LogP contribution in [0.15, 0.2) is 53.6 Å². The fraction of sp³-hybridized carbons (Fsp3) is 0.480. The number of aliphatic hydroxyl groups is 1. The van der Waals surface area contributed by atoms with Crippen LogP contribution in [0, 0.1) is 0 Å². The third-order valence-electron chi connectivity index (χ3n) is 6.48. The number of hydrogen-bond donors (Lipinski definition) is 1. The van der Waals surface area contributed by atoms with Crippen molar-refractivity contribution >= 4 is 11.5 Å². The number of rotatable bonds is 6. The lowest BCUT2D eigenvalue weighted by Gasteiger charge is -2.38. The van der Waals surface area contributed by atoms with Gasteiger partial charge in [-0.3, -0.25) is 14.2 Å². The molecule has 0 saturated carbocycles. The molecule has 31 heavy (non-hydrogen) atoms. The SMILES string of the molecule is O=C(CCc1ccccc1)N1CCC(O)(Cn2cnc(C3=CCCCC3)cc2=O)CC1. The van der Waals surface area contributed by atoms with Gasteiger partial charge in [-0.15, -0.1) is 0 Å². The molecule has 1 saturated heterocycles. The summed E-state index contributed by atoms with van der Waals surface area (Å²) in [5, 5.41) is 11.0. The van der Waals surface area contributed by atoms with Crippen molar-refractivity contribution in [2.75, 3.05) is 13.1 Å². The fourth-order valence-electron chi connectivity index (χ4n) is 4.49. The molecule has 6 heteroatoms. The molecule has 1 N–H and O–H groups in total. The Morgan fingerprint density at radius 3 is 2.58 bits per heavy atom. The topological polar surface area (TPSA) is 75.4 Å². The number of aryl methyl sites for hydroxylation is 1. The van der Waals surface area contributed by atoms with E-state index in [4.69, 9.17) is 0 Å². The van der Waals surface area contributed by atoms with Crippen molar-refractivity contribution in [3.8, 4) is 0 Å². The van der Waals surface area contributed by atoms with Crippen molar-refractivity contribution in [1.29, 1.82) is 0 Å². The average molecular weight is 422 g/mol. The molecule has 0 bridgehead atoms. The first-order chi connectivity index (χ1) is 15.0. The average Bonchev–Trinajstić information content (AvgIpc) is 2.80. The van der Waals surface area contributed by atoms with Crippen LogP contribution in [0.1, 0.15) is 56.2 Å². The summed E-state index contributed by atoms with van der Waals surface area (Å²) in [5.74, 6) is 0.120. The summed E-state index contributed by atoms with van der Waals surface area (Å²) in [6.45, 7) is 1.23. The van der Waals surface area contributed by atoms with Crippen molar-refractivity contribution in [2.45, 2.75) is 63.5 Å². The maximum Gasteiger partial charge on any atom is 0.253 e. The Morgan fingerprint density at radius 2 is 1.90 bits per heavy atom. The molecular formula is C25H31N3O3. The first kappa shape index (κ1) is 21.5. The lowest BCUT2D eigenvalue weighted by molar-refractivity contribution is -0.135. The highest BCUT2D eigenvalue weighted by Gasteiger charge is 2.34. The van der Waals surface area contributed by atoms with Crippen LogP contribution in [0.2, 0.25) is 0 Å². The van der Waals surface area contributed by atoms with Crippen molar-refractivity contribution < 1.29 is 9.90 Å². The molecule has 1 fully saturated rings. The summed E-state index contributed by atoms with van der Waals surface area (Å²) >= 11 is 0. The van der Waals surface area contributed by atoms with E-state index in [0.717, 1.165) is 42.5 Å². The number of likely N-dealkylation sites (tertiary alicyclic amines) is 1. The third-order valence-corrected chi connectivity index (χ3v) is 6.48. The van der Waals surface area contributed by atoms with Crippen LogP contribution in [0.3, 0.4) is 0 Å². The molecule has 0 radical (unpaired) electrons. The molecular weight excluding hydrogens is 390 g/mol. The Balaban J connectivity index is 1.31. The van der Waals surface area contributed by atoms with Gasteiger partial charge in [-0.2, -0.15) is 0 Å². The van der Waals surface area contributed by atoms with E-state index < -0.39 is 5.60 Å². The zero-order valence-electron chi connectivity index (χ0n) is 18.0. The summed E-state index contributed by atoms with van der Waals surface area (Å²) in [6, 6.07) is 11.6. The number of hydrogen-bond acceptors (Lipinski definition) is 4. The van der Waals surface area contributed by atoms with E-state index in [1.807, 2.05) is 35.2 Å². The van der Waals surface area contributed by atoms with E-state index in [1.165, 1.54) is 11.0 Å². The Hall–Kier alpha value is -2.73. The Kier molecular flexibility index (Phi) is 6.66. The van der Waals surface area contributed by atoms with Gasteiger partial charge in [0.25, 0.3) is 5.56 Å². The van der Waals surface area contributed by atoms with Gasteiger partial charge in [0.05, 0.1) is 24.2 Å². The van der Waals surface area contributed by atoms with E-state index in [2.05, 4.69) is 11.1 Å². The van der Waals surface area contributed by atoms with Gasteiger partial charge in [-0.1, -0.05) is 36.4 Å². The molecule has 1 amide bonds. The highest BCUT2D eigenvalue weighted by Crippen LogP contribution is 2.26. The quantitative estimate of drug-likeness (QED) is 0.777. The summed E-state index contributed by atoms with van der Waals surface area (Å²) in [7, 11) is 0. The van der Waals surface area contributed by atoms with E-state index >= 15 is 0 Å². The van der Waals surface area contributed by atoms with E-state index in [0.29, 0.717) is 32.4 Å². The van der Waals surface area contributed by atoms with E-state index in [-0.39, 0.29) is 18.0 Å². The second-order valence-corrected chi connectivity index (χ2v) is 8.81. The number of carbonyl (C=O) groups excluding carboxylic acids is 1. The molecule has 2 aliphatic rings. The van der Waals surface area contributed by atoms with E-state index in [1.54, 1.807) is 12.4 Å². The second kappa shape index (κ2) is 9.60. The summed E-state index contributed by atoms with van der Waals surface area (Å²) in [5.41, 5.74) is 1.94. The fourth-order valence-corrected chi connectivity index (χ4v) is 4.49. The summed E-state index contributed by atoms with van der Waals surface area (Å²) < 4.78 is 1.50. The predicted octanol–water partition coefficient (Wildman–Crippen LogP) is 3.19. The summed E-state index contributed by atoms with van der Waals surface area (Å²) in [6.07, 6.45) is 10.2. The number of allylic oxidation sites excluding steroid dienone is 2. The molecule has 1 aliphatic carbocycles. The highest BCUT2D eigenvalue weighted by atomic mass is 16.3. The van der Waals surface area contributed by atoms with Crippen molar-refractivity contribution in [3.63, 3.8) is 0 Å². The predicted molar refractivity (Wildman–Crippen MR) is 120 cm³/mol. The largest absolute Gasteiger partial charge is 0.388 e. The standard InChI is InChI=1S/C25H31N3O3/c29-23(12-11-20-7-3-1-4-8-20)27-15-13-25(31,14-16-27)18-28-19-26-22(17-24(28)30)21-9-5-2-6-10-21/h1,3-4,7-9,17,19,31H,2,5-6,10-16,18H2. The first-order valence-electron chi connectivity index (χ1n) is 11.3. The van der Waals surface area contributed by atoms with Gasteiger partial charge in [-0.25, -0.2) is 4.98 Å². The van der Waals surface area contributed by atoms with Crippen LogP contribution < -0.4 is 5.56 Å². The van der Waals surface area contributed by atoms with Gasteiger partial charge in [-0.05, 0) is 56.1 Å². The van der Waals surface area contributed by atoms with Gasteiger partial charge in [0.15, 0.2) is 0 Å². The molecule has 2 heterocycles. The number of nitrogens with zero attached hydrogens (tertiary/aromatic N) is 3. The Morgan fingerprint density at radius 1 is 1.13 bits per heavy atom. The number of benzene rings is 1. The molecule has 0 unspecified atom stereocenters. The van der Waals surface area contributed by atoms with Gasteiger partial charge in [0, 0.05) is 25.6 Å². The maximum absolute atomic E-state index is 12.6. The molecule has 0 atom stereocenters.